The third kappa shape index (κ3) is 2.37. The van der Waals surface area contributed by atoms with Crippen LogP contribution in [0.15, 0.2) is 30.3 Å². The molecule has 4 rings (SSSR count). The third-order valence-corrected chi connectivity index (χ3v) is 11.4. The average molecular weight is 396 g/mol. The molecule has 0 unspecified atom stereocenters. The highest BCUT2D eigenvalue weighted by molar-refractivity contribution is 7.59. The standard InChI is InChI=1S/C21H31ClNO2P/c1-14(2)23-18-16-11-12-21(5,20(16,3)4)19(18)25-26(23,24)17(22)13-15-9-7-6-8-10-15/h6-10,14,16-19H,11-13H2,1-5H3/t16-,17+,18-,19-,21+,26-/m1/s1. The molecule has 3 fully saturated rings. The SMILES string of the molecule is CC(C)N1[C@@H]2[C@H]3CC[C@@](C)([C@@H]2O[P@]1(=O)[C@H](Cl)Cc1ccccc1)C3(C)C. The van der Waals surface area contributed by atoms with Crippen molar-refractivity contribution >= 4 is 19.1 Å². The number of halogens is 1. The minimum Gasteiger partial charge on any atom is -0.311 e. The van der Waals surface area contributed by atoms with Crippen LogP contribution in [0.5, 0.6) is 0 Å². The molecule has 0 radical (unpaired) electrons. The van der Waals surface area contributed by atoms with Gasteiger partial charge in [-0.15, -0.1) is 11.6 Å². The Bertz CT molecular complexity index is 737. The molecule has 0 N–H and O–H groups in total. The number of hydrogen-bond acceptors (Lipinski definition) is 2. The number of fused-ring (bicyclic) bond motifs is 5. The maximum atomic E-state index is 14.1. The molecule has 2 aliphatic carbocycles. The Morgan fingerprint density at radius 2 is 1.92 bits per heavy atom. The van der Waals surface area contributed by atoms with Crippen molar-refractivity contribution in [2.75, 3.05) is 0 Å². The Labute approximate surface area is 162 Å². The fraction of sp³-hybridized carbons (Fsp3) is 0.714. The lowest BCUT2D eigenvalue weighted by Crippen LogP contribution is -2.44. The predicted molar refractivity (Wildman–Crippen MR) is 108 cm³/mol. The Morgan fingerprint density at radius 1 is 1.27 bits per heavy atom. The van der Waals surface area contributed by atoms with E-state index in [1.54, 1.807) is 0 Å². The molecule has 1 aromatic rings. The van der Waals surface area contributed by atoms with E-state index in [4.69, 9.17) is 16.1 Å². The van der Waals surface area contributed by atoms with Crippen molar-refractivity contribution in [2.24, 2.45) is 16.7 Å². The van der Waals surface area contributed by atoms with Gasteiger partial charge in [0, 0.05) is 17.5 Å². The van der Waals surface area contributed by atoms with E-state index in [0.717, 1.165) is 12.0 Å². The molecule has 1 heterocycles. The molecular formula is C21H31ClNO2P. The van der Waals surface area contributed by atoms with Gasteiger partial charge in [-0.3, -0.25) is 4.57 Å². The number of benzene rings is 1. The summed E-state index contributed by atoms with van der Waals surface area (Å²) < 4.78 is 22.8. The van der Waals surface area contributed by atoms with Crippen molar-refractivity contribution in [3.05, 3.63) is 35.9 Å². The first-order valence-corrected chi connectivity index (χ1v) is 12.0. The minimum atomic E-state index is -3.11. The quantitative estimate of drug-likeness (QED) is 0.468. The Morgan fingerprint density at radius 3 is 2.54 bits per heavy atom. The van der Waals surface area contributed by atoms with Crippen molar-refractivity contribution in [3.8, 4) is 0 Å². The Balaban J connectivity index is 1.69. The van der Waals surface area contributed by atoms with Gasteiger partial charge in [-0.05, 0) is 50.0 Å². The van der Waals surface area contributed by atoms with E-state index in [9.17, 15) is 4.57 Å². The van der Waals surface area contributed by atoms with Gasteiger partial charge in [0.2, 0.25) is 0 Å². The molecule has 5 heteroatoms. The van der Waals surface area contributed by atoms with Gasteiger partial charge in [0.05, 0.1) is 6.10 Å². The molecule has 6 atom stereocenters. The van der Waals surface area contributed by atoms with Gasteiger partial charge in [0.15, 0.2) is 0 Å². The lowest BCUT2D eigenvalue weighted by atomic mass is 9.70. The summed E-state index contributed by atoms with van der Waals surface area (Å²) in [7, 11) is -3.11. The molecule has 1 aliphatic heterocycles. The second kappa shape index (κ2) is 6.08. The lowest BCUT2D eigenvalue weighted by Gasteiger charge is -2.39. The Hall–Kier alpha value is -0.340. The van der Waals surface area contributed by atoms with E-state index in [2.05, 4.69) is 39.3 Å². The molecule has 26 heavy (non-hydrogen) atoms. The molecule has 1 saturated heterocycles. The largest absolute Gasteiger partial charge is 0.311 e. The van der Waals surface area contributed by atoms with E-state index in [1.807, 2.05) is 30.3 Å². The summed E-state index contributed by atoms with van der Waals surface area (Å²) in [5, 5.41) is -0.510. The summed E-state index contributed by atoms with van der Waals surface area (Å²) in [6.07, 6.45) is 2.96. The van der Waals surface area contributed by atoms with Crippen molar-refractivity contribution in [3.63, 3.8) is 0 Å². The fourth-order valence-electron chi connectivity index (χ4n) is 5.96. The van der Waals surface area contributed by atoms with Crippen molar-refractivity contribution in [1.29, 1.82) is 0 Å². The predicted octanol–water partition coefficient (Wildman–Crippen LogP) is 5.92. The third-order valence-electron chi connectivity index (χ3n) is 7.75. The normalized spacial score (nSPS) is 42.3. The zero-order chi connectivity index (χ0) is 18.9. The first-order valence-electron chi connectivity index (χ1n) is 9.88. The van der Waals surface area contributed by atoms with Crippen LogP contribution < -0.4 is 0 Å². The molecule has 0 aromatic heterocycles. The summed E-state index contributed by atoms with van der Waals surface area (Å²) >= 11 is 6.82. The van der Waals surface area contributed by atoms with E-state index < -0.39 is 12.6 Å². The first-order chi connectivity index (χ1) is 12.1. The van der Waals surface area contributed by atoms with Crippen LogP contribution in [0.3, 0.4) is 0 Å². The highest BCUT2D eigenvalue weighted by Crippen LogP contribution is 2.77. The van der Waals surface area contributed by atoms with Gasteiger partial charge < -0.3 is 4.52 Å². The second-order valence-corrected chi connectivity index (χ2v) is 12.7. The fourth-order valence-corrected chi connectivity index (χ4v) is 9.53. The van der Waals surface area contributed by atoms with Gasteiger partial charge in [0.1, 0.15) is 5.12 Å². The van der Waals surface area contributed by atoms with Crippen LogP contribution in [-0.4, -0.2) is 28.0 Å². The average Bonchev–Trinajstić information content (AvgIpc) is 3.07. The number of nitrogens with zero attached hydrogens (tertiary/aromatic N) is 1. The zero-order valence-corrected chi connectivity index (χ0v) is 18.1. The number of rotatable bonds is 4. The van der Waals surface area contributed by atoms with Crippen LogP contribution in [0, 0.1) is 16.7 Å². The first kappa shape index (κ1) is 19.0. The second-order valence-electron chi connectivity index (χ2n) is 9.46. The maximum absolute atomic E-state index is 14.1. The topological polar surface area (TPSA) is 29.5 Å². The van der Waals surface area contributed by atoms with Crippen molar-refractivity contribution in [1.82, 2.24) is 4.67 Å². The van der Waals surface area contributed by atoms with Crippen molar-refractivity contribution in [2.45, 2.75) is 77.2 Å². The molecule has 3 nitrogen and oxygen atoms in total. The van der Waals surface area contributed by atoms with Crippen LogP contribution >= 0.6 is 19.1 Å². The Kier molecular flexibility index (Phi) is 4.44. The molecule has 0 amide bonds. The van der Waals surface area contributed by atoms with Gasteiger partial charge in [-0.1, -0.05) is 51.1 Å². The van der Waals surface area contributed by atoms with E-state index in [0.29, 0.717) is 12.3 Å². The molecule has 144 valence electrons. The maximum Gasteiger partial charge on any atom is 0.291 e. The van der Waals surface area contributed by atoms with E-state index in [1.165, 1.54) is 6.42 Å². The lowest BCUT2D eigenvalue weighted by molar-refractivity contribution is 0.0357. The molecule has 2 saturated carbocycles. The summed E-state index contributed by atoms with van der Waals surface area (Å²) in [6, 6.07) is 10.5. The highest BCUT2D eigenvalue weighted by atomic mass is 35.5. The summed E-state index contributed by atoms with van der Waals surface area (Å²) in [6.45, 7) is 11.3. The summed E-state index contributed by atoms with van der Waals surface area (Å²) in [4.78, 5) is 0. The van der Waals surface area contributed by atoms with Gasteiger partial charge in [-0.25, -0.2) is 4.67 Å². The van der Waals surface area contributed by atoms with Crippen LogP contribution in [-0.2, 0) is 15.5 Å². The smallest absolute Gasteiger partial charge is 0.291 e. The number of hydrogen-bond donors (Lipinski definition) is 0. The van der Waals surface area contributed by atoms with Crippen LogP contribution in [0.1, 0.15) is 53.0 Å². The molecule has 2 bridgehead atoms. The van der Waals surface area contributed by atoms with E-state index >= 15 is 0 Å². The van der Waals surface area contributed by atoms with Crippen LogP contribution in [0.25, 0.3) is 0 Å². The summed E-state index contributed by atoms with van der Waals surface area (Å²) in [5.41, 5.74) is 1.40. The minimum absolute atomic E-state index is 0.0292. The van der Waals surface area contributed by atoms with Crippen molar-refractivity contribution < 1.29 is 9.09 Å². The molecule has 0 spiro atoms. The summed E-state index contributed by atoms with van der Waals surface area (Å²) in [5.74, 6) is 0.524. The van der Waals surface area contributed by atoms with Gasteiger partial charge >= 0.3 is 0 Å². The molecule has 1 aromatic carbocycles. The van der Waals surface area contributed by atoms with Crippen LogP contribution in [0.4, 0.5) is 0 Å². The van der Waals surface area contributed by atoms with Crippen LogP contribution in [0.2, 0.25) is 0 Å². The monoisotopic (exact) mass is 395 g/mol. The molecular weight excluding hydrogens is 365 g/mol. The zero-order valence-electron chi connectivity index (χ0n) is 16.5. The molecule has 3 aliphatic rings. The highest BCUT2D eigenvalue weighted by Gasteiger charge is 2.74. The van der Waals surface area contributed by atoms with Gasteiger partial charge in [-0.2, -0.15) is 0 Å². The van der Waals surface area contributed by atoms with E-state index in [-0.39, 0.29) is 29.0 Å². The number of alkyl halides is 1. The van der Waals surface area contributed by atoms with Gasteiger partial charge in [0.25, 0.3) is 7.52 Å².